The second-order valence-corrected chi connectivity index (χ2v) is 5.48. The van der Waals surface area contributed by atoms with E-state index in [4.69, 9.17) is 5.21 Å². The number of nitrogens with zero attached hydrogens (tertiary/aromatic N) is 1. The highest BCUT2D eigenvalue weighted by Gasteiger charge is 2.00. The summed E-state index contributed by atoms with van der Waals surface area (Å²) < 4.78 is -0.128. The molecule has 3 N–H and O–H groups in total. The Bertz CT molecular complexity index is 147. The summed E-state index contributed by atoms with van der Waals surface area (Å²) in [5.74, 6) is 2.00. The average molecular weight is 262 g/mol. The number of hydrogen-bond acceptors (Lipinski definition) is 2. The lowest BCUT2D eigenvalue weighted by Gasteiger charge is -2.33. The molecule has 4 heteroatoms. The summed E-state index contributed by atoms with van der Waals surface area (Å²) in [6.07, 6.45) is 13.4. The summed E-state index contributed by atoms with van der Waals surface area (Å²) in [7, 11) is 3.46. The molecular weight excluding hydrogens is 228 g/mol. The fourth-order valence-corrected chi connectivity index (χ4v) is 1.98. The van der Waals surface area contributed by atoms with Crippen LogP contribution >= 0.6 is 0 Å². The third-order valence-corrected chi connectivity index (χ3v) is 3.05. The van der Waals surface area contributed by atoms with E-state index in [1.165, 1.54) is 57.8 Å². The lowest BCUT2D eigenvalue weighted by molar-refractivity contribution is -0.840. The van der Waals surface area contributed by atoms with E-state index < -0.39 is 0 Å². The zero-order chi connectivity index (χ0) is 14.3. The van der Waals surface area contributed by atoms with Gasteiger partial charge in [-0.3, -0.25) is 0 Å². The topological polar surface area (TPSA) is 73.8 Å². The van der Waals surface area contributed by atoms with Crippen molar-refractivity contribution in [3.8, 4) is 0 Å². The van der Waals surface area contributed by atoms with Gasteiger partial charge in [0.1, 0.15) is 0 Å². The van der Waals surface area contributed by atoms with Gasteiger partial charge in [-0.25, -0.2) is 0 Å². The molecule has 112 valence electrons. The van der Waals surface area contributed by atoms with Crippen LogP contribution in [0, 0.1) is 10.4 Å². The van der Waals surface area contributed by atoms with Crippen LogP contribution in [0.5, 0.6) is 0 Å². The van der Waals surface area contributed by atoms with Crippen molar-refractivity contribution in [1.29, 1.82) is 0 Å². The summed E-state index contributed by atoms with van der Waals surface area (Å²) >= 11 is 0. The van der Waals surface area contributed by atoms with E-state index in [0.717, 1.165) is 13.0 Å². The van der Waals surface area contributed by atoms with Gasteiger partial charge < -0.3 is 21.0 Å². The van der Waals surface area contributed by atoms with E-state index in [0.29, 0.717) is 0 Å². The summed E-state index contributed by atoms with van der Waals surface area (Å²) in [4.78, 5) is 0. The second kappa shape index (κ2) is 14.9. The largest absolute Gasteiger partial charge is 0.637 e. The molecule has 0 bridgehead atoms. The van der Waals surface area contributed by atoms with Gasteiger partial charge in [-0.2, -0.15) is 0 Å². The Balaban J connectivity index is 0. The Morgan fingerprint density at radius 3 is 1.39 bits per heavy atom. The van der Waals surface area contributed by atoms with Crippen LogP contribution in [0.15, 0.2) is 0 Å². The van der Waals surface area contributed by atoms with Crippen LogP contribution in [0.3, 0.4) is 0 Å². The van der Waals surface area contributed by atoms with Gasteiger partial charge in [0.15, 0.2) is 0 Å². The van der Waals surface area contributed by atoms with Crippen LogP contribution in [0.1, 0.15) is 71.1 Å². The summed E-state index contributed by atoms with van der Waals surface area (Å²) in [5.41, 5.74) is 0. The van der Waals surface area contributed by atoms with E-state index in [9.17, 15) is 5.21 Å². The van der Waals surface area contributed by atoms with Gasteiger partial charge in [-0.1, -0.05) is 58.3 Å². The third kappa shape index (κ3) is 21.2. The zero-order valence-corrected chi connectivity index (χ0v) is 12.7. The zero-order valence-electron chi connectivity index (χ0n) is 12.7. The molecule has 0 aromatic rings. The predicted octanol–water partition coefficient (Wildman–Crippen LogP) is 3.21. The van der Waals surface area contributed by atoms with E-state index in [-0.39, 0.29) is 4.65 Å². The Hall–Kier alpha value is -0.160. The first kappa shape index (κ1) is 20.2. The number of hydrogen-bond donors (Lipinski definition) is 1. The van der Waals surface area contributed by atoms with Gasteiger partial charge in [-0.05, 0) is 12.8 Å². The fraction of sp³-hybridized carbons (Fsp3) is 1.00. The van der Waals surface area contributed by atoms with Crippen molar-refractivity contribution in [2.75, 3.05) is 20.6 Å². The third-order valence-electron chi connectivity index (χ3n) is 3.05. The first-order chi connectivity index (χ1) is 8.56. The molecule has 0 aliphatic carbocycles. The Kier molecular flexibility index (Phi) is 16.7. The van der Waals surface area contributed by atoms with E-state index in [1.807, 2.05) is 5.90 Å². The molecule has 0 aromatic carbocycles. The van der Waals surface area contributed by atoms with Crippen LogP contribution in [-0.4, -0.2) is 25.3 Å². The van der Waals surface area contributed by atoms with E-state index in [2.05, 4.69) is 6.92 Å². The lowest BCUT2D eigenvalue weighted by Crippen LogP contribution is -2.37. The predicted molar refractivity (Wildman–Crippen MR) is 78.4 cm³/mol. The summed E-state index contributed by atoms with van der Waals surface area (Å²) in [6, 6.07) is 0. The standard InChI is InChI=1S/C14H31NO.H3NO/c1-4-5-6-7-8-9-10-11-12-13-14-15(2,3)16;1-2/h4-14H2,1-3H3;1H3. The van der Waals surface area contributed by atoms with Gasteiger partial charge >= 0.3 is 0 Å². The number of unbranched alkanes of at least 4 members (excludes halogenated alkanes) is 9. The molecule has 0 rings (SSSR count). The molecule has 0 amide bonds. The smallest absolute Gasteiger partial charge is 0.0779 e. The quantitative estimate of drug-likeness (QED) is 0.353. The van der Waals surface area contributed by atoms with Crippen LogP contribution < -0.4 is 5.90 Å². The van der Waals surface area contributed by atoms with Crippen LogP contribution in [0.4, 0.5) is 0 Å². The number of hydroxylamine groups is 3. The molecule has 0 aromatic heterocycles. The average Bonchev–Trinajstić information content (AvgIpc) is 2.33. The molecule has 0 fully saturated rings. The first-order valence-corrected chi connectivity index (χ1v) is 7.39. The van der Waals surface area contributed by atoms with Gasteiger partial charge in [0.2, 0.25) is 0 Å². The molecule has 0 unspecified atom stereocenters. The van der Waals surface area contributed by atoms with Crippen molar-refractivity contribution in [2.45, 2.75) is 71.1 Å². The monoisotopic (exact) mass is 262 g/mol. The van der Waals surface area contributed by atoms with Gasteiger partial charge in [0.25, 0.3) is 0 Å². The van der Waals surface area contributed by atoms with E-state index in [1.54, 1.807) is 14.1 Å². The molecular formula is C14H34N2O2. The molecule has 18 heavy (non-hydrogen) atoms. The SMILES string of the molecule is CCCCCCCCCCCC[N+](C)(C)[O-].[NH3+][O-]. The number of quaternary nitrogens is 2. The normalized spacial score (nSPS) is 11.0. The maximum Gasteiger partial charge on any atom is 0.0779 e. The molecule has 0 aliphatic rings. The Morgan fingerprint density at radius 1 is 0.722 bits per heavy atom. The maximum atomic E-state index is 11.3. The highest BCUT2D eigenvalue weighted by atomic mass is 16.5. The van der Waals surface area contributed by atoms with Crippen molar-refractivity contribution >= 4 is 0 Å². The lowest BCUT2D eigenvalue weighted by atomic mass is 10.1. The fourth-order valence-electron chi connectivity index (χ4n) is 1.98. The van der Waals surface area contributed by atoms with Gasteiger partial charge in [0, 0.05) is 0 Å². The van der Waals surface area contributed by atoms with Crippen molar-refractivity contribution < 1.29 is 10.5 Å². The highest BCUT2D eigenvalue weighted by Crippen LogP contribution is 2.11. The maximum absolute atomic E-state index is 11.3. The Labute approximate surface area is 113 Å². The minimum absolute atomic E-state index is 0.128. The molecule has 0 atom stereocenters. The van der Waals surface area contributed by atoms with Crippen molar-refractivity contribution in [1.82, 2.24) is 0 Å². The van der Waals surface area contributed by atoms with Gasteiger partial charge in [0.05, 0.1) is 20.6 Å². The summed E-state index contributed by atoms with van der Waals surface area (Å²) in [6.45, 7) is 3.03. The molecule has 0 aliphatic heterocycles. The molecule has 0 spiro atoms. The molecule has 0 saturated carbocycles. The molecule has 0 saturated heterocycles. The van der Waals surface area contributed by atoms with Crippen LogP contribution in [0.2, 0.25) is 0 Å². The number of rotatable bonds is 11. The minimum Gasteiger partial charge on any atom is -0.637 e. The van der Waals surface area contributed by atoms with Crippen LogP contribution in [-0.2, 0) is 0 Å². The van der Waals surface area contributed by atoms with Gasteiger partial charge in [-0.15, -0.1) is 0 Å². The van der Waals surface area contributed by atoms with E-state index >= 15 is 0 Å². The minimum atomic E-state index is -0.128. The molecule has 4 nitrogen and oxygen atoms in total. The van der Waals surface area contributed by atoms with Crippen molar-refractivity contribution in [3.63, 3.8) is 0 Å². The first-order valence-electron chi connectivity index (χ1n) is 7.39. The van der Waals surface area contributed by atoms with Crippen molar-refractivity contribution in [3.05, 3.63) is 10.4 Å². The second-order valence-electron chi connectivity index (χ2n) is 5.48. The highest BCUT2D eigenvalue weighted by molar-refractivity contribution is 4.47. The summed E-state index contributed by atoms with van der Waals surface area (Å²) in [5, 5.41) is 19.3. The molecule has 0 heterocycles. The van der Waals surface area contributed by atoms with Crippen molar-refractivity contribution in [2.24, 2.45) is 0 Å². The van der Waals surface area contributed by atoms with Crippen LogP contribution in [0.25, 0.3) is 0 Å². The Morgan fingerprint density at radius 2 is 1.06 bits per heavy atom. The molecule has 0 radical (unpaired) electrons.